The van der Waals surface area contributed by atoms with Crippen molar-refractivity contribution in [3.05, 3.63) is 35.4 Å². The molecular formula is C16H16F3NO3. The summed E-state index contributed by atoms with van der Waals surface area (Å²) >= 11 is 0. The van der Waals surface area contributed by atoms with Crippen LogP contribution in [0.1, 0.15) is 43.7 Å². The highest BCUT2D eigenvalue weighted by atomic mass is 19.4. The first-order valence-corrected chi connectivity index (χ1v) is 7.47. The molecule has 3 fully saturated rings. The van der Waals surface area contributed by atoms with E-state index >= 15 is 0 Å². The Hall–Kier alpha value is -1.62. The van der Waals surface area contributed by atoms with Crippen molar-refractivity contribution in [3.63, 3.8) is 0 Å². The van der Waals surface area contributed by atoms with Crippen molar-refractivity contribution < 1.29 is 27.7 Å². The fourth-order valence-electron chi connectivity index (χ4n) is 3.31. The molecule has 0 amide bonds. The van der Waals surface area contributed by atoms with Gasteiger partial charge in [0.2, 0.25) is 5.79 Å². The summed E-state index contributed by atoms with van der Waals surface area (Å²) in [5, 5.41) is 8.82. The second-order valence-electron chi connectivity index (χ2n) is 5.96. The Morgan fingerprint density at radius 3 is 2.39 bits per heavy atom. The molecule has 0 aromatic heterocycles. The lowest BCUT2D eigenvalue weighted by molar-refractivity contribution is -0.580. The molecule has 4 nitrogen and oxygen atoms in total. The molecule has 1 aromatic rings. The van der Waals surface area contributed by atoms with Crippen LogP contribution in [0, 0.1) is 11.3 Å². The number of hydrogen-bond donors (Lipinski definition) is 0. The van der Waals surface area contributed by atoms with E-state index in [0.29, 0.717) is 17.5 Å². The van der Waals surface area contributed by atoms with Crippen LogP contribution in [-0.4, -0.2) is 17.9 Å². The molecule has 3 saturated heterocycles. The third-order valence-corrected chi connectivity index (χ3v) is 4.43. The average Bonchev–Trinajstić information content (AvgIpc) is 2.55. The maximum Gasteiger partial charge on any atom is 0.417 e. The number of halogens is 3. The predicted molar refractivity (Wildman–Crippen MR) is 72.8 cm³/mol. The van der Waals surface area contributed by atoms with Gasteiger partial charge in [-0.2, -0.15) is 23.3 Å². The highest BCUT2D eigenvalue weighted by molar-refractivity contribution is 5.34. The van der Waals surface area contributed by atoms with Crippen molar-refractivity contribution in [2.24, 2.45) is 0 Å². The molecule has 23 heavy (non-hydrogen) atoms. The number of rotatable bonds is 3. The summed E-state index contributed by atoms with van der Waals surface area (Å²) in [5.41, 5.74) is -0.664. The Bertz CT molecular complexity index is 613. The summed E-state index contributed by atoms with van der Waals surface area (Å²) < 4.78 is 45.8. The van der Waals surface area contributed by atoms with E-state index in [4.69, 9.17) is 19.8 Å². The smallest absolute Gasteiger partial charge is 0.328 e. The summed E-state index contributed by atoms with van der Waals surface area (Å²) in [6, 6.07) is 8.06. The van der Waals surface area contributed by atoms with Gasteiger partial charge >= 0.3 is 6.18 Å². The third kappa shape index (κ3) is 2.61. The van der Waals surface area contributed by atoms with Gasteiger partial charge in [0, 0.05) is 12.0 Å². The number of ether oxygens (including phenoxy) is 1. The van der Waals surface area contributed by atoms with Crippen molar-refractivity contribution in [3.8, 4) is 6.07 Å². The molecule has 4 rings (SSSR count). The van der Waals surface area contributed by atoms with E-state index in [2.05, 4.69) is 0 Å². The largest absolute Gasteiger partial charge is 0.417 e. The molecule has 0 N–H and O–H groups in total. The summed E-state index contributed by atoms with van der Waals surface area (Å²) in [6.45, 7) is 1.79. The highest BCUT2D eigenvalue weighted by Gasteiger charge is 2.67. The Balaban J connectivity index is 1.96. The summed E-state index contributed by atoms with van der Waals surface area (Å²) in [5.74, 6) is -1.58. The monoisotopic (exact) mass is 327 g/mol. The van der Waals surface area contributed by atoms with Gasteiger partial charge in [-0.3, -0.25) is 0 Å². The van der Waals surface area contributed by atoms with Gasteiger partial charge in [-0.25, -0.2) is 4.89 Å². The molecule has 7 heteroatoms. The van der Waals surface area contributed by atoms with Crippen molar-refractivity contribution >= 4 is 0 Å². The number of nitriles is 1. The lowest BCUT2D eigenvalue weighted by atomic mass is 9.79. The maximum atomic E-state index is 13.5. The van der Waals surface area contributed by atoms with Crippen molar-refractivity contribution in [2.75, 3.05) is 0 Å². The average molecular weight is 327 g/mol. The van der Waals surface area contributed by atoms with Crippen LogP contribution in [0.15, 0.2) is 24.3 Å². The van der Waals surface area contributed by atoms with E-state index in [-0.39, 0.29) is 19.3 Å². The van der Waals surface area contributed by atoms with Crippen LogP contribution in [-0.2, 0) is 20.3 Å². The number of alkyl halides is 3. The van der Waals surface area contributed by atoms with Crippen LogP contribution in [0.2, 0.25) is 0 Å². The van der Waals surface area contributed by atoms with Crippen LogP contribution in [0.5, 0.6) is 0 Å². The lowest BCUT2D eigenvalue weighted by Crippen LogP contribution is -2.66. The molecule has 3 heterocycles. The highest BCUT2D eigenvalue weighted by Crippen LogP contribution is 2.55. The van der Waals surface area contributed by atoms with E-state index in [9.17, 15) is 13.2 Å². The first kappa shape index (κ1) is 16.2. The van der Waals surface area contributed by atoms with E-state index in [1.807, 2.05) is 6.07 Å². The van der Waals surface area contributed by atoms with Gasteiger partial charge in [-0.15, -0.1) is 0 Å². The quantitative estimate of drug-likeness (QED) is 0.789. The topological polar surface area (TPSA) is 51.5 Å². The molecule has 3 aliphatic heterocycles. The van der Waals surface area contributed by atoms with E-state index < -0.39 is 23.7 Å². The van der Waals surface area contributed by atoms with Crippen LogP contribution in [0.25, 0.3) is 0 Å². The van der Waals surface area contributed by atoms with Crippen molar-refractivity contribution in [2.45, 2.75) is 56.3 Å². The molecule has 0 saturated carbocycles. The van der Waals surface area contributed by atoms with Crippen LogP contribution >= 0.6 is 0 Å². The minimum Gasteiger partial charge on any atom is -0.328 e. The van der Waals surface area contributed by atoms with Gasteiger partial charge in [0.25, 0.3) is 0 Å². The Kier molecular flexibility index (Phi) is 3.87. The van der Waals surface area contributed by atoms with Gasteiger partial charge in [-0.05, 0) is 25.0 Å². The molecule has 3 unspecified atom stereocenters. The standard InChI is InChI=1S/C16H16F3NO3/c1-2-7-14-8-9-15(23-22-14,21-13(14)16(17,18)19)12-5-3-11(10-20)4-6-12/h3-6,13H,2,7-9H2,1H3. The van der Waals surface area contributed by atoms with Gasteiger partial charge in [0.05, 0.1) is 11.6 Å². The number of benzene rings is 1. The molecule has 2 bridgehead atoms. The molecule has 3 atom stereocenters. The molecular weight excluding hydrogens is 311 g/mol. The van der Waals surface area contributed by atoms with Crippen molar-refractivity contribution in [1.82, 2.24) is 0 Å². The fourth-order valence-corrected chi connectivity index (χ4v) is 3.31. The molecule has 124 valence electrons. The molecule has 0 radical (unpaired) electrons. The zero-order valence-electron chi connectivity index (χ0n) is 12.5. The van der Waals surface area contributed by atoms with Gasteiger partial charge < -0.3 is 4.74 Å². The summed E-state index contributed by atoms with van der Waals surface area (Å²) in [6.07, 6.45) is -5.37. The Labute approximate surface area is 131 Å². The number of nitrogens with zero attached hydrogens (tertiary/aromatic N) is 1. The maximum absolute atomic E-state index is 13.5. The van der Waals surface area contributed by atoms with Gasteiger partial charge in [0.1, 0.15) is 5.60 Å². The lowest BCUT2D eigenvalue weighted by Gasteiger charge is -2.55. The Morgan fingerprint density at radius 2 is 1.91 bits per heavy atom. The van der Waals surface area contributed by atoms with Crippen LogP contribution in [0.4, 0.5) is 13.2 Å². The Morgan fingerprint density at radius 1 is 1.22 bits per heavy atom. The van der Waals surface area contributed by atoms with E-state index in [0.717, 1.165) is 0 Å². The zero-order chi connectivity index (χ0) is 16.7. The minimum atomic E-state index is -4.54. The molecule has 1 aromatic carbocycles. The summed E-state index contributed by atoms with van der Waals surface area (Å²) in [7, 11) is 0. The third-order valence-electron chi connectivity index (χ3n) is 4.43. The second-order valence-corrected chi connectivity index (χ2v) is 5.96. The number of fused-ring (bicyclic) bond motifs is 3. The summed E-state index contributed by atoms with van der Waals surface area (Å²) in [4.78, 5) is 10.5. The zero-order valence-corrected chi connectivity index (χ0v) is 12.5. The van der Waals surface area contributed by atoms with Gasteiger partial charge in [0.15, 0.2) is 6.10 Å². The van der Waals surface area contributed by atoms with Crippen LogP contribution in [0.3, 0.4) is 0 Å². The molecule has 3 aliphatic rings. The van der Waals surface area contributed by atoms with E-state index in [1.54, 1.807) is 6.92 Å². The first-order valence-electron chi connectivity index (χ1n) is 7.47. The van der Waals surface area contributed by atoms with E-state index in [1.165, 1.54) is 24.3 Å². The second kappa shape index (κ2) is 5.48. The number of hydrogen-bond acceptors (Lipinski definition) is 4. The van der Waals surface area contributed by atoms with Crippen LogP contribution < -0.4 is 0 Å². The SMILES string of the molecule is CCCC12CCC(c3ccc(C#N)cc3)(OO1)OC2C(F)(F)F. The molecule has 0 spiro atoms. The fraction of sp³-hybridized carbons (Fsp3) is 0.562. The predicted octanol–water partition coefficient (Wildman–Crippen LogP) is 3.95. The van der Waals surface area contributed by atoms with Crippen molar-refractivity contribution in [1.29, 1.82) is 5.26 Å². The molecule has 0 aliphatic carbocycles. The first-order chi connectivity index (χ1) is 10.9. The normalized spacial score (nSPS) is 33.4. The minimum absolute atomic E-state index is 0.199. The van der Waals surface area contributed by atoms with Gasteiger partial charge in [-0.1, -0.05) is 25.5 Å².